The number of aliphatic hydroxyl groups excluding tert-OH is 1. The van der Waals surface area contributed by atoms with Gasteiger partial charge in [-0.3, -0.25) is 4.90 Å². The molecule has 0 aliphatic rings. The molecule has 0 aromatic heterocycles. The SMILES string of the molecule is COCCN(CCO)Cc1cccc(C#N)c1F. The fraction of sp³-hybridized carbons (Fsp3) is 0.462. The van der Waals surface area contributed by atoms with Crippen LogP contribution in [0, 0.1) is 17.1 Å². The second-order valence-corrected chi connectivity index (χ2v) is 3.88. The Hall–Kier alpha value is -1.48. The van der Waals surface area contributed by atoms with Crippen LogP contribution in [0.4, 0.5) is 4.39 Å². The first-order valence-electron chi connectivity index (χ1n) is 5.72. The molecular weight excluding hydrogens is 235 g/mol. The summed E-state index contributed by atoms with van der Waals surface area (Å²) in [4.78, 5) is 1.88. The van der Waals surface area contributed by atoms with E-state index in [9.17, 15) is 4.39 Å². The van der Waals surface area contributed by atoms with Gasteiger partial charge in [0.25, 0.3) is 0 Å². The van der Waals surface area contributed by atoms with Gasteiger partial charge in [0, 0.05) is 32.3 Å². The minimum Gasteiger partial charge on any atom is -0.395 e. The maximum absolute atomic E-state index is 13.9. The van der Waals surface area contributed by atoms with Crippen LogP contribution < -0.4 is 0 Å². The molecule has 0 aliphatic carbocycles. The summed E-state index contributed by atoms with van der Waals surface area (Å²) in [6.07, 6.45) is 0. The van der Waals surface area contributed by atoms with Crippen LogP contribution in [0.2, 0.25) is 0 Å². The van der Waals surface area contributed by atoms with Gasteiger partial charge in [0.15, 0.2) is 0 Å². The van der Waals surface area contributed by atoms with Gasteiger partial charge >= 0.3 is 0 Å². The van der Waals surface area contributed by atoms with E-state index >= 15 is 0 Å². The lowest BCUT2D eigenvalue weighted by molar-refractivity contribution is 0.126. The number of hydrogen-bond acceptors (Lipinski definition) is 4. The van der Waals surface area contributed by atoms with Gasteiger partial charge < -0.3 is 9.84 Å². The summed E-state index contributed by atoms with van der Waals surface area (Å²) >= 11 is 0. The highest BCUT2D eigenvalue weighted by Gasteiger charge is 2.11. The molecule has 1 aromatic carbocycles. The van der Waals surface area contributed by atoms with E-state index in [4.69, 9.17) is 15.1 Å². The summed E-state index contributed by atoms with van der Waals surface area (Å²) < 4.78 is 18.8. The third kappa shape index (κ3) is 4.08. The Labute approximate surface area is 106 Å². The molecule has 0 atom stereocenters. The number of aliphatic hydroxyl groups is 1. The first-order chi connectivity index (χ1) is 8.72. The molecule has 0 heterocycles. The van der Waals surface area contributed by atoms with E-state index < -0.39 is 5.82 Å². The number of halogens is 1. The van der Waals surface area contributed by atoms with Gasteiger partial charge in [-0.05, 0) is 6.07 Å². The van der Waals surface area contributed by atoms with Crippen LogP contribution in [0.3, 0.4) is 0 Å². The number of ether oxygens (including phenoxy) is 1. The molecule has 1 aromatic rings. The largest absolute Gasteiger partial charge is 0.395 e. The van der Waals surface area contributed by atoms with E-state index in [1.54, 1.807) is 19.2 Å². The molecule has 0 radical (unpaired) electrons. The molecule has 0 saturated carbocycles. The second-order valence-electron chi connectivity index (χ2n) is 3.88. The lowest BCUT2D eigenvalue weighted by Crippen LogP contribution is -2.30. The summed E-state index contributed by atoms with van der Waals surface area (Å²) in [6.45, 7) is 1.92. The Morgan fingerprint density at radius 1 is 1.44 bits per heavy atom. The number of nitriles is 1. The number of rotatable bonds is 7. The molecule has 1 N–H and O–H groups in total. The highest BCUT2D eigenvalue weighted by atomic mass is 19.1. The number of hydrogen-bond donors (Lipinski definition) is 1. The molecule has 5 heteroatoms. The molecule has 1 rings (SSSR count). The molecule has 0 unspecified atom stereocenters. The maximum Gasteiger partial charge on any atom is 0.145 e. The van der Waals surface area contributed by atoms with Gasteiger partial charge in [-0.15, -0.1) is 0 Å². The minimum absolute atomic E-state index is 0.00325. The van der Waals surface area contributed by atoms with Crippen molar-refractivity contribution in [3.8, 4) is 6.07 Å². The molecule has 0 aliphatic heterocycles. The molecular formula is C13H17FN2O2. The van der Waals surface area contributed by atoms with Crippen LogP contribution in [0.5, 0.6) is 0 Å². The van der Waals surface area contributed by atoms with Gasteiger partial charge in [-0.1, -0.05) is 12.1 Å². The maximum atomic E-state index is 13.9. The Balaban J connectivity index is 2.77. The molecule has 0 spiro atoms. The molecule has 0 bridgehead atoms. The number of benzene rings is 1. The molecule has 0 amide bonds. The minimum atomic E-state index is -0.486. The van der Waals surface area contributed by atoms with Crippen molar-refractivity contribution in [2.75, 3.05) is 33.4 Å². The Morgan fingerprint density at radius 3 is 2.83 bits per heavy atom. The van der Waals surface area contributed by atoms with Crippen LogP contribution in [0.1, 0.15) is 11.1 Å². The van der Waals surface area contributed by atoms with Gasteiger partial charge in [-0.2, -0.15) is 5.26 Å². The van der Waals surface area contributed by atoms with Gasteiger partial charge in [0.1, 0.15) is 11.9 Å². The summed E-state index contributed by atoms with van der Waals surface area (Å²) in [5.41, 5.74) is 0.502. The Kier molecular flexibility index (Phi) is 6.29. The normalized spacial score (nSPS) is 10.6. The molecule has 0 fully saturated rings. The van der Waals surface area contributed by atoms with Gasteiger partial charge in [0.2, 0.25) is 0 Å². The van der Waals surface area contributed by atoms with Crippen molar-refractivity contribution in [3.05, 3.63) is 35.1 Å². The molecule has 4 nitrogen and oxygen atoms in total. The zero-order valence-electron chi connectivity index (χ0n) is 10.4. The van der Waals surface area contributed by atoms with Gasteiger partial charge in [0.05, 0.1) is 18.8 Å². The van der Waals surface area contributed by atoms with E-state index in [2.05, 4.69) is 0 Å². The number of nitrogens with zero attached hydrogens (tertiary/aromatic N) is 2. The summed E-state index contributed by atoms with van der Waals surface area (Å²) in [5.74, 6) is -0.486. The van der Waals surface area contributed by atoms with Crippen molar-refractivity contribution in [2.45, 2.75) is 6.54 Å². The first-order valence-corrected chi connectivity index (χ1v) is 5.72. The van der Waals surface area contributed by atoms with Crippen LogP contribution in [0.15, 0.2) is 18.2 Å². The van der Waals surface area contributed by atoms with E-state index in [-0.39, 0.29) is 12.2 Å². The van der Waals surface area contributed by atoms with Crippen molar-refractivity contribution in [1.29, 1.82) is 5.26 Å². The zero-order chi connectivity index (χ0) is 13.4. The van der Waals surface area contributed by atoms with Crippen molar-refractivity contribution in [2.24, 2.45) is 0 Å². The zero-order valence-corrected chi connectivity index (χ0v) is 10.4. The van der Waals surface area contributed by atoms with E-state index in [1.165, 1.54) is 6.07 Å². The predicted molar refractivity (Wildman–Crippen MR) is 65.4 cm³/mol. The Bertz CT molecular complexity index is 418. The van der Waals surface area contributed by atoms with Crippen LogP contribution >= 0.6 is 0 Å². The van der Waals surface area contributed by atoms with E-state index in [1.807, 2.05) is 11.0 Å². The average Bonchev–Trinajstić information content (AvgIpc) is 2.38. The first kappa shape index (κ1) is 14.6. The van der Waals surface area contributed by atoms with Crippen LogP contribution in [-0.2, 0) is 11.3 Å². The average molecular weight is 252 g/mol. The summed E-state index contributed by atoms with van der Waals surface area (Å²) in [6, 6.07) is 6.57. The molecule has 0 saturated heterocycles. The lowest BCUT2D eigenvalue weighted by atomic mass is 10.1. The number of methoxy groups -OCH3 is 1. The quantitative estimate of drug-likeness (QED) is 0.790. The van der Waals surface area contributed by atoms with Crippen LogP contribution in [0.25, 0.3) is 0 Å². The lowest BCUT2D eigenvalue weighted by Gasteiger charge is -2.21. The highest BCUT2D eigenvalue weighted by molar-refractivity contribution is 5.34. The van der Waals surface area contributed by atoms with Crippen molar-refractivity contribution in [1.82, 2.24) is 4.90 Å². The Morgan fingerprint density at radius 2 is 2.22 bits per heavy atom. The second kappa shape index (κ2) is 7.77. The van der Waals surface area contributed by atoms with Crippen LogP contribution in [-0.4, -0.2) is 43.4 Å². The topological polar surface area (TPSA) is 56.5 Å². The van der Waals surface area contributed by atoms with E-state index in [0.29, 0.717) is 31.8 Å². The van der Waals surface area contributed by atoms with Gasteiger partial charge in [-0.25, -0.2) is 4.39 Å². The molecule has 18 heavy (non-hydrogen) atoms. The van der Waals surface area contributed by atoms with Crippen molar-refractivity contribution < 1.29 is 14.2 Å². The van der Waals surface area contributed by atoms with E-state index in [0.717, 1.165) is 0 Å². The standard InChI is InChI=1S/C13H17FN2O2/c1-18-8-6-16(5-7-17)10-12-4-2-3-11(9-15)13(12)14/h2-4,17H,5-8,10H2,1H3. The molecule has 98 valence electrons. The van der Waals surface area contributed by atoms with Crippen molar-refractivity contribution >= 4 is 0 Å². The summed E-state index contributed by atoms with van der Waals surface area (Å²) in [5, 5.41) is 17.7. The smallest absolute Gasteiger partial charge is 0.145 e. The fourth-order valence-corrected chi connectivity index (χ4v) is 1.66. The third-order valence-corrected chi connectivity index (χ3v) is 2.62. The monoisotopic (exact) mass is 252 g/mol. The fourth-order valence-electron chi connectivity index (χ4n) is 1.66. The summed E-state index contributed by atoms with van der Waals surface area (Å²) in [7, 11) is 1.59. The third-order valence-electron chi connectivity index (χ3n) is 2.62. The highest BCUT2D eigenvalue weighted by Crippen LogP contribution is 2.14. The van der Waals surface area contributed by atoms with Crippen molar-refractivity contribution in [3.63, 3.8) is 0 Å². The predicted octanol–water partition coefficient (Wildman–Crippen LogP) is 1.14.